The van der Waals surface area contributed by atoms with Gasteiger partial charge in [0.15, 0.2) is 0 Å². The molecule has 2 amide bonds. The predicted molar refractivity (Wildman–Crippen MR) is 158 cm³/mol. The Balaban J connectivity index is 1.47. The number of carbonyl (C=O) groups is 3. The summed E-state index contributed by atoms with van der Waals surface area (Å²) in [6.45, 7) is 6.54. The Hall–Kier alpha value is -4.23. The molecule has 0 bridgehead atoms. The molecule has 7 heteroatoms. The number of ether oxygens (including phenoxy) is 1. The minimum absolute atomic E-state index is 0.0697. The second-order valence-electron chi connectivity index (χ2n) is 9.45. The Morgan fingerprint density at radius 2 is 1.57 bits per heavy atom. The summed E-state index contributed by atoms with van der Waals surface area (Å²) in [5.74, 6) is -0.172. The number of benzene rings is 3. The first kappa shape index (κ1) is 30.3. The second kappa shape index (κ2) is 16.0. The van der Waals surface area contributed by atoms with Crippen molar-refractivity contribution in [2.45, 2.75) is 58.6 Å². The Labute approximate surface area is 236 Å². The van der Waals surface area contributed by atoms with E-state index in [1.165, 1.54) is 0 Å². The van der Waals surface area contributed by atoms with Crippen LogP contribution in [-0.2, 0) is 34.0 Å². The molecule has 0 aliphatic rings. The molecule has 40 heavy (non-hydrogen) atoms. The summed E-state index contributed by atoms with van der Waals surface area (Å²) in [6.07, 6.45) is 4.27. The normalized spacial score (nSPS) is 10.6. The average Bonchev–Trinajstić information content (AvgIpc) is 2.98. The first-order valence-electron chi connectivity index (χ1n) is 13.7. The van der Waals surface area contributed by atoms with Crippen LogP contribution in [0.15, 0.2) is 79.4 Å². The number of hydrogen-bond donors (Lipinski definition) is 2. The van der Waals surface area contributed by atoms with E-state index in [-0.39, 0.29) is 50.2 Å². The van der Waals surface area contributed by atoms with E-state index in [1.807, 2.05) is 48.5 Å². The molecule has 0 saturated heterocycles. The van der Waals surface area contributed by atoms with Gasteiger partial charge in [-0.1, -0.05) is 74.2 Å². The van der Waals surface area contributed by atoms with Gasteiger partial charge in [0.05, 0.1) is 13.2 Å². The van der Waals surface area contributed by atoms with Crippen LogP contribution in [0.2, 0.25) is 0 Å². The summed E-state index contributed by atoms with van der Waals surface area (Å²) in [5.41, 5.74) is 4.67. The number of unbranched alkanes of at least 4 members (excludes halogenated alkanes) is 1. The minimum atomic E-state index is -0.367. The smallest absolute Gasteiger partial charge is 0.311 e. The molecule has 3 rings (SSSR count). The molecule has 0 aliphatic carbocycles. The van der Waals surface area contributed by atoms with Crippen LogP contribution in [0.1, 0.15) is 61.3 Å². The average molecular weight is 543 g/mol. The van der Waals surface area contributed by atoms with Gasteiger partial charge in [-0.2, -0.15) is 0 Å². The SMILES string of the molecule is C=Cc1ccccc1CN(C(=O)CCNC(=O)CCCCC(=O)Oc1ccc(CO)cc1)c1ccccc1CC. The third kappa shape index (κ3) is 9.20. The summed E-state index contributed by atoms with van der Waals surface area (Å²) >= 11 is 0. The number of anilines is 1. The highest BCUT2D eigenvalue weighted by Crippen LogP contribution is 2.25. The quantitative estimate of drug-likeness (QED) is 0.148. The monoisotopic (exact) mass is 542 g/mol. The van der Waals surface area contributed by atoms with Crippen LogP contribution in [-0.4, -0.2) is 29.4 Å². The number of amides is 2. The van der Waals surface area contributed by atoms with Crippen LogP contribution in [0.3, 0.4) is 0 Å². The number of aliphatic hydroxyl groups excluding tert-OH is 1. The highest BCUT2D eigenvalue weighted by atomic mass is 16.5. The molecule has 0 aliphatic heterocycles. The molecule has 0 aromatic heterocycles. The highest BCUT2D eigenvalue weighted by molar-refractivity contribution is 5.94. The number of nitrogens with one attached hydrogen (secondary N) is 1. The Morgan fingerprint density at radius 1 is 0.900 bits per heavy atom. The molecule has 0 radical (unpaired) electrons. The molecule has 0 saturated carbocycles. The van der Waals surface area contributed by atoms with E-state index in [9.17, 15) is 14.4 Å². The lowest BCUT2D eigenvalue weighted by Crippen LogP contribution is -2.35. The molecule has 7 nitrogen and oxygen atoms in total. The lowest BCUT2D eigenvalue weighted by molar-refractivity contribution is -0.134. The fourth-order valence-corrected chi connectivity index (χ4v) is 4.36. The van der Waals surface area contributed by atoms with Gasteiger partial charge in [-0.05, 0) is 59.7 Å². The third-order valence-electron chi connectivity index (χ3n) is 6.60. The van der Waals surface area contributed by atoms with Crippen LogP contribution in [0.4, 0.5) is 5.69 Å². The number of aryl methyl sites for hydroxylation is 1. The van der Waals surface area contributed by atoms with Gasteiger partial charge < -0.3 is 20.1 Å². The van der Waals surface area contributed by atoms with Crippen molar-refractivity contribution < 1.29 is 24.2 Å². The number of aliphatic hydroxyl groups is 1. The van der Waals surface area contributed by atoms with Gasteiger partial charge in [0.25, 0.3) is 0 Å². The largest absolute Gasteiger partial charge is 0.427 e. The van der Waals surface area contributed by atoms with Gasteiger partial charge >= 0.3 is 5.97 Å². The van der Waals surface area contributed by atoms with Crippen LogP contribution in [0.25, 0.3) is 6.08 Å². The van der Waals surface area contributed by atoms with Gasteiger partial charge in [-0.3, -0.25) is 14.4 Å². The van der Waals surface area contributed by atoms with E-state index >= 15 is 0 Å². The van der Waals surface area contributed by atoms with Crippen LogP contribution in [0, 0.1) is 0 Å². The zero-order chi connectivity index (χ0) is 28.7. The molecule has 0 unspecified atom stereocenters. The number of carbonyl (C=O) groups excluding carboxylic acids is 3. The maximum absolute atomic E-state index is 13.4. The zero-order valence-electron chi connectivity index (χ0n) is 23.1. The van der Waals surface area contributed by atoms with E-state index < -0.39 is 0 Å². The Morgan fingerprint density at radius 3 is 2.27 bits per heavy atom. The van der Waals surface area contributed by atoms with E-state index in [0.29, 0.717) is 25.1 Å². The van der Waals surface area contributed by atoms with Crippen molar-refractivity contribution >= 4 is 29.5 Å². The van der Waals surface area contributed by atoms with Gasteiger partial charge in [0.1, 0.15) is 5.75 Å². The summed E-state index contributed by atoms with van der Waals surface area (Å²) in [5, 5.41) is 11.9. The van der Waals surface area contributed by atoms with E-state index in [4.69, 9.17) is 9.84 Å². The Kier molecular flexibility index (Phi) is 12.1. The number of nitrogens with zero attached hydrogens (tertiary/aromatic N) is 1. The minimum Gasteiger partial charge on any atom is -0.427 e. The molecule has 210 valence electrons. The van der Waals surface area contributed by atoms with E-state index in [2.05, 4.69) is 18.8 Å². The Bertz CT molecular complexity index is 1290. The van der Waals surface area contributed by atoms with Crippen molar-refractivity contribution in [3.63, 3.8) is 0 Å². The van der Waals surface area contributed by atoms with Gasteiger partial charge in [-0.25, -0.2) is 0 Å². The lowest BCUT2D eigenvalue weighted by atomic mass is 10.0. The number of esters is 1. The van der Waals surface area contributed by atoms with Crippen molar-refractivity contribution in [1.82, 2.24) is 5.32 Å². The summed E-state index contributed by atoms with van der Waals surface area (Å²) in [6, 6.07) is 22.4. The molecule has 3 aromatic rings. The summed E-state index contributed by atoms with van der Waals surface area (Å²) in [4.78, 5) is 39.6. The fourth-order valence-electron chi connectivity index (χ4n) is 4.36. The van der Waals surface area contributed by atoms with E-state index in [1.54, 1.807) is 35.2 Å². The van der Waals surface area contributed by atoms with Crippen molar-refractivity contribution in [3.05, 3.63) is 102 Å². The number of hydrogen-bond acceptors (Lipinski definition) is 5. The van der Waals surface area contributed by atoms with E-state index in [0.717, 1.165) is 34.4 Å². The van der Waals surface area contributed by atoms with Crippen molar-refractivity contribution in [2.75, 3.05) is 11.4 Å². The topological polar surface area (TPSA) is 95.9 Å². The highest BCUT2D eigenvalue weighted by Gasteiger charge is 2.19. The molecule has 0 spiro atoms. The maximum atomic E-state index is 13.4. The predicted octanol–water partition coefficient (Wildman–Crippen LogP) is 5.59. The first-order valence-corrected chi connectivity index (χ1v) is 13.7. The van der Waals surface area contributed by atoms with Crippen LogP contribution >= 0.6 is 0 Å². The van der Waals surface area contributed by atoms with Crippen LogP contribution < -0.4 is 15.0 Å². The van der Waals surface area contributed by atoms with Crippen molar-refractivity contribution in [2.24, 2.45) is 0 Å². The summed E-state index contributed by atoms with van der Waals surface area (Å²) in [7, 11) is 0. The zero-order valence-corrected chi connectivity index (χ0v) is 23.1. The molecule has 0 fully saturated rings. The van der Waals surface area contributed by atoms with Crippen molar-refractivity contribution in [3.8, 4) is 5.75 Å². The van der Waals surface area contributed by atoms with Crippen LogP contribution in [0.5, 0.6) is 5.75 Å². The first-order chi connectivity index (χ1) is 19.4. The lowest BCUT2D eigenvalue weighted by Gasteiger charge is -2.26. The number of rotatable bonds is 15. The molecular formula is C33H38N2O5. The molecule has 3 aromatic carbocycles. The van der Waals surface area contributed by atoms with Gasteiger partial charge in [-0.15, -0.1) is 0 Å². The molecule has 0 atom stereocenters. The number of para-hydroxylation sites is 1. The van der Waals surface area contributed by atoms with Gasteiger partial charge in [0.2, 0.25) is 11.8 Å². The third-order valence-corrected chi connectivity index (χ3v) is 6.60. The molecule has 0 heterocycles. The van der Waals surface area contributed by atoms with Gasteiger partial charge in [0, 0.05) is 31.5 Å². The standard InChI is InChI=1S/C33H38N2O5/c1-3-26-11-5-6-13-28(26)23-35(30-14-8-7-12-27(30)4-2)32(38)21-22-34-31(37)15-9-10-16-33(39)40-29-19-17-25(24-36)18-20-29/h3,5-8,11-14,17-20,36H,1,4,9-10,15-16,21-24H2,2H3,(H,34,37). The molecule has 2 N–H and O–H groups in total. The second-order valence-corrected chi connectivity index (χ2v) is 9.45. The summed E-state index contributed by atoms with van der Waals surface area (Å²) < 4.78 is 5.28. The molecular weight excluding hydrogens is 504 g/mol. The van der Waals surface area contributed by atoms with Crippen molar-refractivity contribution in [1.29, 1.82) is 0 Å². The fraction of sp³-hybridized carbons (Fsp3) is 0.303. The maximum Gasteiger partial charge on any atom is 0.311 e.